The molecule has 7 heteroatoms. The molecule has 0 spiro atoms. The minimum Gasteiger partial charge on any atom is -0.396 e. The van der Waals surface area contributed by atoms with E-state index in [0.717, 1.165) is 0 Å². The molecule has 0 saturated heterocycles. The lowest BCUT2D eigenvalue weighted by Gasteiger charge is -2.11. The summed E-state index contributed by atoms with van der Waals surface area (Å²) < 4.78 is 50.1. The van der Waals surface area contributed by atoms with Crippen molar-refractivity contribution in [3.8, 4) is 0 Å². The molecule has 1 aromatic heterocycles. The Morgan fingerprint density at radius 1 is 1.50 bits per heavy atom. The smallest absolute Gasteiger partial charge is 0.248 e. The molecule has 2 N–H and O–H groups in total. The van der Waals surface area contributed by atoms with E-state index in [2.05, 4.69) is 4.98 Å². The van der Waals surface area contributed by atoms with Gasteiger partial charge in [-0.25, -0.2) is 22.2 Å². The van der Waals surface area contributed by atoms with E-state index in [-0.39, 0.29) is 35.7 Å². The van der Waals surface area contributed by atoms with E-state index in [0.29, 0.717) is 0 Å². The van der Waals surface area contributed by atoms with Gasteiger partial charge in [0.1, 0.15) is 0 Å². The van der Waals surface area contributed by atoms with Crippen LogP contribution in [-0.2, 0) is 9.84 Å². The molecular weight excluding hydrogens is 262 g/mol. The number of sulfone groups is 1. The van der Waals surface area contributed by atoms with Gasteiger partial charge in [0.05, 0.1) is 11.4 Å². The van der Waals surface area contributed by atoms with E-state index in [1.807, 2.05) is 0 Å². The highest BCUT2D eigenvalue weighted by molar-refractivity contribution is 7.91. The number of nitrogen functional groups attached to an aromatic ring is 1. The second-order valence-electron chi connectivity index (χ2n) is 4.64. The van der Waals surface area contributed by atoms with E-state index >= 15 is 0 Å². The molecular formula is C11H14F2N2O2S. The summed E-state index contributed by atoms with van der Waals surface area (Å²) in [5.74, 6) is -3.58. The van der Waals surface area contributed by atoms with Crippen LogP contribution in [0.25, 0.3) is 0 Å². The number of alkyl halides is 2. The number of hydrogen-bond acceptors (Lipinski definition) is 4. The molecule has 1 aliphatic rings. The molecule has 0 aliphatic heterocycles. The molecule has 0 amide bonds. The van der Waals surface area contributed by atoms with Crippen molar-refractivity contribution < 1.29 is 17.2 Å². The van der Waals surface area contributed by atoms with Crippen molar-refractivity contribution in [1.29, 1.82) is 0 Å². The first-order chi connectivity index (χ1) is 8.30. The third kappa shape index (κ3) is 2.77. The standard InChI is InChI=1S/C11H14F2N2O2S/c12-11(13)4-3-8(6-11)7-18(16,17)10-9(14)2-1-5-15-10/h1-2,5,8H,3-4,6-7,14H2. The summed E-state index contributed by atoms with van der Waals surface area (Å²) in [6.45, 7) is 0. The summed E-state index contributed by atoms with van der Waals surface area (Å²) in [5, 5.41) is -0.208. The van der Waals surface area contributed by atoms with E-state index in [1.54, 1.807) is 0 Å². The van der Waals surface area contributed by atoms with Gasteiger partial charge in [0.25, 0.3) is 0 Å². The normalized spacial score (nSPS) is 23.1. The van der Waals surface area contributed by atoms with Crippen molar-refractivity contribution in [1.82, 2.24) is 4.98 Å². The molecule has 2 rings (SSSR count). The Labute approximate surface area is 104 Å². The Morgan fingerprint density at radius 3 is 2.78 bits per heavy atom. The number of nitrogens with zero attached hydrogens (tertiary/aromatic N) is 1. The maximum Gasteiger partial charge on any atom is 0.248 e. The highest BCUT2D eigenvalue weighted by Gasteiger charge is 2.41. The summed E-state index contributed by atoms with van der Waals surface area (Å²) in [6, 6.07) is 2.96. The molecule has 100 valence electrons. The summed E-state index contributed by atoms with van der Waals surface area (Å²) >= 11 is 0. The van der Waals surface area contributed by atoms with E-state index in [1.165, 1.54) is 18.3 Å². The van der Waals surface area contributed by atoms with Crippen LogP contribution < -0.4 is 5.73 Å². The van der Waals surface area contributed by atoms with Gasteiger partial charge in [-0.15, -0.1) is 0 Å². The Balaban J connectivity index is 2.17. The van der Waals surface area contributed by atoms with Crippen molar-refractivity contribution in [2.45, 2.75) is 30.2 Å². The molecule has 1 fully saturated rings. The maximum absolute atomic E-state index is 13.0. The first kappa shape index (κ1) is 13.2. The maximum atomic E-state index is 13.0. The summed E-state index contributed by atoms with van der Waals surface area (Å²) in [4.78, 5) is 3.73. The van der Waals surface area contributed by atoms with Crippen molar-refractivity contribution in [2.24, 2.45) is 5.92 Å². The SMILES string of the molecule is Nc1cccnc1S(=O)(=O)CC1CCC(F)(F)C1. The Kier molecular flexibility index (Phi) is 3.27. The van der Waals surface area contributed by atoms with Crippen molar-refractivity contribution >= 4 is 15.5 Å². The minimum atomic E-state index is -3.69. The number of rotatable bonds is 3. The zero-order chi connectivity index (χ0) is 13.4. The quantitative estimate of drug-likeness (QED) is 0.914. The van der Waals surface area contributed by atoms with E-state index in [4.69, 9.17) is 5.73 Å². The zero-order valence-electron chi connectivity index (χ0n) is 9.64. The molecule has 18 heavy (non-hydrogen) atoms. The van der Waals surface area contributed by atoms with Crippen LogP contribution in [0.3, 0.4) is 0 Å². The fourth-order valence-corrected chi connectivity index (χ4v) is 3.95. The number of aromatic nitrogens is 1. The predicted octanol–water partition coefficient (Wildman–Crippen LogP) is 1.87. The Bertz CT molecular complexity index is 546. The lowest BCUT2D eigenvalue weighted by molar-refractivity contribution is 0.00592. The van der Waals surface area contributed by atoms with Crippen LogP contribution in [0.4, 0.5) is 14.5 Å². The summed E-state index contributed by atoms with van der Waals surface area (Å²) in [5.41, 5.74) is 5.60. The molecule has 1 atom stereocenters. The molecule has 1 unspecified atom stereocenters. The zero-order valence-corrected chi connectivity index (χ0v) is 10.5. The third-order valence-corrected chi connectivity index (χ3v) is 4.90. The van der Waals surface area contributed by atoms with Gasteiger partial charge in [-0.1, -0.05) is 0 Å². The Morgan fingerprint density at radius 2 is 2.22 bits per heavy atom. The van der Waals surface area contributed by atoms with Crippen molar-refractivity contribution in [3.63, 3.8) is 0 Å². The van der Waals surface area contributed by atoms with Crippen LogP contribution in [-0.4, -0.2) is 25.1 Å². The average molecular weight is 276 g/mol. The second-order valence-corrected chi connectivity index (χ2v) is 6.59. The van der Waals surface area contributed by atoms with Crippen molar-refractivity contribution in [3.05, 3.63) is 18.3 Å². The van der Waals surface area contributed by atoms with Crippen molar-refractivity contribution in [2.75, 3.05) is 11.5 Å². The fourth-order valence-electron chi connectivity index (χ4n) is 2.24. The molecule has 1 aromatic rings. The van der Waals surface area contributed by atoms with Gasteiger partial charge < -0.3 is 5.73 Å². The van der Waals surface area contributed by atoms with Gasteiger partial charge >= 0.3 is 0 Å². The van der Waals surface area contributed by atoms with Gasteiger partial charge in [0.2, 0.25) is 5.92 Å². The van der Waals surface area contributed by atoms with Crippen LogP contribution in [0.15, 0.2) is 23.4 Å². The lowest BCUT2D eigenvalue weighted by Crippen LogP contribution is -2.18. The molecule has 1 aliphatic carbocycles. The minimum absolute atomic E-state index is 0.0576. The van der Waals surface area contributed by atoms with Crippen LogP contribution in [0.2, 0.25) is 0 Å². The first-order valence-electron chi connectivity index (χ1n) is 5.61. The van der Waals surface area contributed by atoms with Gasteiger partial charge in [-0.05, 0) is 24.5 Å². The van der Waals surface area contributed by atoms with Gasteiger partial charge in [0, 0.05) is 19.0 Å². The molecule has 0 bridgehead atoms. The summed E-state index contributed by atoms with van der Waals surface area (Å²) in [6.07, 6.45) is 0.926. The largest absolute Gasteiger partial charge is 0.396 e. The molecule has 1 saturated carbocycles. The Hall–Kier alpha value is -1.24. The monoisotopic (exact) mass is 276 g/mol. The average Bonchev–Trinajstić information content (AvgIpc) is 2.57. The van der Waals surface area contributed by atoms with Crippen LogP contribution >= 0.6 is 0 Å². The van der Waals surface area contributed by atoms with Crippen LogP contribution in [0, 0.1) is 5.92 Å². The molecule has 0 radical (unpaired) electrons. The predicted molar refractivity (Wildman–Crippen MR) is 63.0 cm³/mol. The topological polar surface area (TPSA) is 73.0 Å². The number of anilines is 1. The first-order valence-corrected chi connectivity index (χ1v) is 7.26. The summed E-state index contributed by atoms with van der Waals surface area (Å²) in [7, 11) is -3.69. The number of halogens is 2. The van der Waals surface area contributed by atoms with Crippen LogP contribution in [0.1, 0.15) is 19.3 Å². The highest BCUT2D eigenvalue weighted by atomic mass is 32.2. The number of nitrogens with two attached hydrogens (primary N) is 1. The molecule has 4 nitrogen and oxygen atoms in total. The number of pyridine rings is 1. The van der Waals surface area contributed by atoms with Gasteiger partial charge in [-0.3, -0.25) is 0 Å². The number of hydrogen-bond donors (Lipinski definition) is 1. The van der Waals surface area contributed by atoms with Gasteiger partial charge in [0.15, 0.2) is 14.9 Å². The van der Waals surface area contributed by atoms with E-state index < -0.39 is 21.7 Å². The van der Waals surface area contributed by atoms with Crippen LogP contribution in [0.5, 0.6) is 0 Å². The van der Waals surface area contributed by atoms with Gasteiger partial charge in [-0.2, -0.15) is 0 Å². The fraction of sp³-hybridized carbons (Fsp3) is 0.545. The lowest BCUT2D eigenvalue weighted by atomic mass is 10.1. The third-order valence-electron chi connectivity index (χ3n) is 3.06. The van der Waals surface area contributed by atoms with E-state index in [9.17, 15) is 17.2 Å². The highest BCUT2D eigenvalue weighted by Crippen LogP contribution is 2.40. The molecule has 1 heterocycles. The molecule has 0 aromatic carbocycles. The second kappa shape index (κ2) is 4.46.